The first-order chi connectivity index (χ1) is 8.15. The maximum atomic E-state index is 2.65. The van der Waals surface area contributed by atoms with Gasteiger partial charge in [-0.1, -0.05) is 13.3 Å². The van der Waals surface area contributed by atoms with Gasteiger partial charge in [0, 0.05) is 6.04 Å². The molecule has 0 bridgehead atoms. The van der Waals surface area contributed by atoms with Crippen molar-refractivity contribution in [2.75, 3.05) is 33.2 Å². The van der Waals surface area contributed by atoms with Gasteiger partial charge in [-0.2, -0.15) is 0 Å². The largest absolute Gasteiger partial charge is 0.306 e. The van der Waals surface area contributed by atoms with Crippen LogP contribution in [0.4, 0.5) is 0 Å². The smallest absolute Gasteiger partial charge is 0.00671 e. The van der Waals surface area contributed by atoms with Crippen LogP contribution in [0.3, 0.4) is 0 Å². The molecule has 17 heavy (non-hydrogen) atoms. The van der Waals surface area contributed by atoms with Crippen LogP contribution in [0.2, 0.25) is 0 Å². The Morgan fingerprint density at radius 2 is 1.76 bits per heavy atom. The quantitative estimate of drug-likeness (QED) is 0.726. The minimum absolute atomic E-state index is 0.672. The average Bonchev–Trinajstić information content (AvgIpc) is 2.27. The molecule has 0 aromatic heterocycles. The molecule has 2 heteroatoms. The number of hydrogen-bond acceptors (Lipinski definition) is 2. The van der Waals surface area contributed by atoms with Crippen LogP contribution in [0.15, 0.2) is 0 Å². The normalized spacial score (nSPS) is 27.7. The van der Waals surface area contributed by atoms with E-state index in [0.717, 1.165) is 6.04 Å². The van der Waals surface area contributed by atoms with Crippen molar-refractivity contribution in [3.8, 4) is 0 Å². The zero-order chi connectivity index (χ0) is 12.3. The third-order valence-corrected chi connectivity index (χ3v) is 5.40. The molecule has 1 unspecified atom stereocenters. The Labute approximate surface area is 107 Å². The first-order valence-electron chi connectivity index (χ1n) is 7.58. The molecule has 100 valence electrons. The molecule has 0 saturated carbocycles. The van der Waals surface area contributed by atoms with Gasteiger partial charge in [-0.3, -0.25) is 0 Å². The van der Waals surface area contributed by atoms with E-state index < -0.39 is 0 Å². The van der Waals surface area contributed by atoms with Crippen LogP contribution in [-0.4, -0.2) is 49.1 Å². The van der Waals surface area contributed by atoms with Gasteiger partial charge >= 0.3 is 0 Å². The van der Waals surface area contributed by atoms with Gasteiger partial charge in [0.25, 0.3) is 0 Å². The van der Waals surface area contributed by atoms with Crippen molar-refractivity contribution in [1.82, 2.24) is 9.80 Å². The zero-order valence-corrected chi connectivity index (χ0v) is 12.0. The maximum absolute atomic E-state index is 2.65. The number of rotatable bonds is 5. The second-order valence-electron chi connectivity index (χ2n) is 6.43. The van der Waals surface area contributed by atoms with Crippen LogP contribution >= 0.6 is 0 Å². The highest BCUT2D eigenvalue weighted by atomic mass is 15.2. The monoisotopic (exact) mass is 238 g/mol. The first-order valence-corrected chi connectivity index (χ1v) is 7.58. The summed E-state index contributed by atoms with van der Waals surface area (Å²) in [6, 6.07) is 0.826. The van der Waals surface area contributed by atoms with Crippen LogP contribution in [0.5, 0.6) is 0 Å². The van der Waals surface area contributed by atoms with E-state index in [4.69, 9.17) is 0 Å². The molecular weight excluding hydrogens is 208 g/mol. The summed E-state index contributed by atoms with van der Waals surface area (Å²) in [5, 5.41) is 0. The standard InChI is InChI=1S/C15H30N2/c1-4-15(8-12-16(3)13-9-15)7-6-14(2)17-10-5-11-17/h14H,4-13H2,1-3H3. The van der Waals surface area contributed by atoms with Gasteiger partial charge in [0.15, 0.2) is 0 Å². The fourth-order valence-electron chi connectivity index (χ4n) is 3.35. The van der Waals surface area contributed by atoms with E-state index in [0.29, 0.717) is 5.41 Å². The predicted octanol–water partition coefficient (Wildman–Crippen LogP) is 2.98. The van der Waals surface area contributed by atoms with E-state index in [1.807, 2.05) is 0 Å². The minimum atomic E-state index is 0.672. The highest BCUT2D eigenvalue weighted by Gasteiger charge is 2.32. The molecule has 2 nitrogen and oxygen atoms in total. The SMILES string of the molecule is CCC1(CCC(C)N2CCC2)CCN(C)CC1. The second-order valence-corrected chi connectivity index (χ2v) is 6.43. The van der Waals surface area contributed by atoms with Crippen LogP contribution in [0.1, 0.15) is 52.4 Å². The summed E-state index contributed by atoms with van der Waals surface area (Å²) in [6.07, 6.45) is 8.52. The van der Waals surface area contributed by atoms with E-state index >= 15 is 0 Å². The average molecular weight is 238 g/mol. The van der Waals surface area contributed by atoms with E-state index in [9.17, 15) is 0 Å². The number of hydrogen-bond donors (Lipinski definition) is 0. The van der Waals surface area contributed by atoms with Crippen molar-refractivity contribution >= 4 is 0 Å². The van der Waals surface area contributed by atoms with Gasteiger partial charge in [-0.15, -0.1) is 0 Å². The molecule has 2 heterocycles. The molecule has 2 aliphatic heterocycles. The van der Waals surface area contributed by atoms with Gasteiger partial charge in [0.2, 0.25) is 0 Å². The Morgan fingerprint density at radius 1 is 1.12 bits per heavy atom. The Hall–Kier alpha value is -0.0800. The molecule has 0 aliphatic carbocycles. The molecule has 0 spiro atoms. The lowest BCUT2D eigenvalue weighted by atomic mass is 9.72. The molecule has 2 rings (SSSR count). The molecule has 0 amide bonds. The van der Waals surface area contributed by atoms with E-state index in [1.165, 1.54) is 64.7 Å². The maximum Gasteiger partial charge on any atom is 0.00671 e. The van der Waals surface area contributed by atoms with Crippen molar-refractivity contribution in [1.29, 1.82) is 0 Å². The fraction of sp³-hybridized carbons (Fsp3) is 1.00. The summed E-state index contributed by atoms with van der Waals surface area (Å²) < 4.78 is 0. The van der Waals surface area contributed by atoms with Crippen LogP contribution in [0.25, 0.3) is 0 Å². The molecule has 0 radical (unpaired) electrons. The van der Waals surface area contributed by atoms with Crippen molar-refractivity contribution < 1.29 is 0 Å². The number of likely N-dealkylation sites (tertiary alicyclic amines) is 2. The summed E-state index contributed by atoms with van der Waals surface area (Å²) in [5.74, 6) is 0. The molecule has 2 aliphatic rings. The summed E-state index contributed by atoms with van der Waals surface area (Å²) in [4.78, 5) is 5.14. The van der Waals surface area contributed by atoms with E-state index in [1.54, 1.807) is 0 Å². The minimum Gasteiger partial charge on any atom is -0.306 e. The highest BCUT2D eigenvalue weighted by molar-refractivity contribution is 4.86. The molecule has 2 saturated heterocycles. The Morgan fingerprint density at radius 3 is 2.24 bits per heavy atom. The molecule has 0 N–H and O–H groups in total. The van der Waals surface area contributed by atoms with Gasteiger partial charge in [-0.25, -0.2) is 0 Å². The first kappa shape index (κ1) is 13.4. The number of nitrogens with zero attached hydrogens (tertiary/aromatic N) is 2. The summed E-state index contributed by atoms with van der Waals surface area (Å²) in [6.45, 7) is 10.2. The summed E-state index contributed by atoms with van der Waals surface area (Å²) in [7, 11) is 2.27. The third kappa shape index (κ3) is 3.23. The topological polar surface area (TPSA) is 6.48 Å². The Kier molecular flexibility index (Phi) is 4.48. The van der Waals surface area contributed by atoms with Crippen LogP contribution in [-0.2, 0) is 0 Å². The summed E-state index contributed by atoms with van der Waals surface area (Å²) in [5.41, 5.74) is 0.672. The Balaban J connectivity index is 1.78. The third-order valence-electron chi connectivity index (χ3n) is 5.40. The predicted molar refractivity (Wildman–Crippen MR) is 74.3 cm³/mol. The highest BCUT2D eigenvalue weighted by Crippen LogP contribution is 2.39. The van der Waals surface area contributed by atoms with Gasteiger partial charge in [0.05, 0.1) is 0 Å². The van der Waals surface area contributed by atoms with Crippen molar-refractivity contribution in [2.45, 2.75) is 58.4 Å². The molecule has 2 fully saturated rings. The van der Waals surface area contributed by atoms with E-state index in [-0.39, 0.29) is 0 Å². The molecule has 1 atom stereocenters. The van der Waals surface area contributed by atoms with Gasteiger partial charge in [-0.05, 0) is 77.7 Å². The second kappa shape index (κ2) is 5.71. The molecule has 0 aromatic rings. The molecular formula is C15H30N2. The number of piperidine rings is 1. The van der Waals surface area contributed by atoms with Gasteiger partial charge in [0.1, 0.15) is 0 Å². The Bertz CT molecular complexity index is 227. The lowest BCUT2D eigenvalue weighted by Crippen LogP contribution is -2.44. The lowest BCUT2D eigenvalue weighted by Gasteiger charge is -2.43. The fourth-order valence-corrected chi connectivity index (χ4v) is 3.35. The van der Waals surface area contributed by atoms with Crippen LogP contribution < -0.4 is 0 Å². The van der Waals surface area contributed by atoms with Crippen LogP contribution in [0, 0.1) is 5.41 Å². The lowest BCUT2D eigenvalue weighted by molar-refractivity contribution is 0.0744. The molecule has 0 aromatic carbocycles. The van der Waals surface area contributed by atoms with E-state index in [2.05, 4.69) is 30.7 Å². The van der Waals surface area contributed by atoms with Gasteiger partial charge < -0.3 is 9.80 Å². The van der Waals surface area contributed by atoms with Crippen molar-refractivity contribution in [3.63, 3.8) is 0 Å². The zero-order valence-electron chi connectivity index (χ0n) is 12.0. The summed E-state index contributed by atoms with van der Waals surface area (Å²) >= 11 is 0. The van der Waals surface area contributed by atoms with Crippen molar-refractivity contribution in [3.05, 3.63) is 0 Å². The van der Waals surface area contributed by atoms with Crippen molar-refractivity contribution in [2.24, 2.45) is 5.41 Å².